The van der Waals surface area contributed by atoms with Crippen molar-refractivity contribution in [3.8, 4) is 0 Å². The third kappa shape index (κ3) is 12.6. The first kappa shape index (κ1) is 30.7. The molecule has 3 nitrogen and oxygen atoms in total. The van der Waals surface area contributed by atoms with E-state index in [0.717, 1.165) is 30.2 Å². The molecular weight excluding hydrogens is 463 g/mol. The largest absolute Gasteiger partial charge is 0.481 e. The number of hydrogen-bond acceptors (Lipinski definition) is 2. The van der Waals surface area contributed by atoms with Gasteiger partial charge in [0.15, 0.2) is 0 Å². The Balaban J connectivity index is 0.000000215. The van der Waals surface area contributed by atoms with Crippen LogP contribution in [0.2, 0.25) is 0 Å². The highest BCUT2D eigenvalue weighted by Crippen LogP contribution is 2.35. The standard InChI is InChI=1S/C14H27N.C13H15F3.C3H6O2/c1-3-7-13(8-4-1)11-15-12-14-9-5-2-6-10-14;14-13(15,16)12-8-6-11(7-9-12)10-4-2-1-3-5-10;1-2-3(4)5/h13-15H,1-12H2;6-10H,1-5H2;2H2,1H3,(H,4,5). The molecule has 0 saturated heterocycles. The van der Waals surface area contributed by atoms with Crippen LogP contribution in [0.3, 0.4) is 0 Å². The van der Waals surface area contributed by atoms with Crippen molar-refractivity contribution in [1.29, 1.82) is 0 Å². The van der Waals surface area contributed by atoms with Crippen molar-refractivity contribution >= 4 is 5.97 Å². The zero-order valence-corrected chi connectivity index (χ0v) is 22.3. The summed E-state index contributed by atoms with van der Waals surface area (Å²) < 4.78 is 37.1. The highest BCUT2D eigenvalue weighted by Gasteiger charge is 2.30. The van der Waals surface area contributed by atoms with Crippen molar-refractivity contribution in [3.05, 3.63) is 35.4 Å². The minimum atomic E-state index is -4.22. The van der Waals surface area contributed by atoms with E-state index in [4.69, 9.17) is 5.11 Å². The lowest BCUT2D eigenvalue weighted by Crippen LogP contribution is -2.30. The fourth-order valence-corrected chi connectivity index (χ4v) is 5.65. The van der Waals surface area contributed by atoms with Crippen LogP contribution in [0.5, 0.6) is 0 Å². The Hall–Kier alpha value is -1.56. The highest BCUT2D eigenvalue weighted by atomic mass is 19.4. The van der Waals surface area contributed by atoms with E-state index in [-0.39, 0.29) is 6.42 Å². The van der Waals surface area contributed by atoms with Gasteiger partial charge in [-0.2, -0.15) is 13.2 Å². The van der Waals surface area contributed by atoms with E-state index in [2.05, 4.69) is 5.32 Å². The summed E-state index contributed by atoms with van der Waals surface area (Å²) in [5.41, 5.74) is 0.514. The molecule has 0 aliphatic heterocycles. The van der Waals surface area contributed by atoms with Gasteiger partial charge in [0.25, 0.3) is 0 Å². The Labute approximate surface area is 216 Å². The van der Waals surface area contributed by atoms with Crippen LogP contribution in [-0.4, -0.2) is 24.2 Å². The fraction of sp³-hybridized carbons (Fsp3) is 0.767. The first-order valence-electron chi connectivity index (χ1n) is 14.4. The molecule has 3 saturated carbocycles. The topological polar surface area (TPSA) is 49.3 Å². The van der Waals surface area contributed by atoms with Gasteiger partial charge in [0.1, 0.15) is 0 Å². The van der Waals surface area contributed by atoms with Gasteiger partial charge in [-0.1, -0.05) is 76.8 Å². The summed E-state index contributed by atoms with van der Waals surface area (Å²) in [5, 5.41) is 11.4. The molecule has 6 heteroatoms. The predicted octanol–water partition coefficient (Wildman–Crippen LogP) is 8.97. The summed E-state index contributed by atoms with van der Waals surface area (Å²) in [4.78, 5) is 9.37. The molecule has 1 aromatic rings. The number of alkyl halides is 3. The zero-order valence-electron chi connectivity index (χ0n) is 22.3. The van der Waals surface area contributed by atoms with Crippen molar-refractivity contribution < 1.29 is 23.1 Å². The fourth-order valence-electron chi connectivity index (χ4n) is 5.65. The molecule has 0 bridgehead atoms. The number of carboxylic acid groups (broad SMARTS) is 1. The van der Waals surface area contributed by atoms with Gasteiger partial charge in [-0.25, -0.2) is 0 Å². The van der Waals surface area contributed by atoms with Gasteiger partial charge in [-0.05, 0) is 87.1 Å². The molecule has 0 spiro atoms. The summed E-state index contributed by atoms with van der Waals surface area (Å²) in [6.07, 6.45) is 16.7. The van der Waals surface area contributed by atoms with Crippen LogP contribution in [-0.2, 0) is 11.0 Å². The summed E-state index contributed by atoms with van der Waals surface area (Å²) in [5.74, 6) is 1.73. The summed E-state index contributed by atoms with van der Waals surface area (Å²) in [7, 11) is 0. The quantitative estimate of drug-likeness (QED) is 0.401. The molecule has 1 aromatic carbocycles. The first-order valence-corrected chi connectivity index (χ1v) is 14.4. The number of hydrogen-bond donors (Lipinski definition) is 2. The van der Waals surface area contributed by atoms with E-state index in [0.29, 0.717) is 5.92 Å². The Kier molecular flexibility index (Phi) is 14.5. The Bertz CT molecular complexity index is 684. The first-order chi connectivity index (χ1) is 17.3. The molecule has 2 N–H and O–H groups in total. The van der Waals surface area contributed by atoms with Crippen LogP contribution >= 0.6 is 0 Å². The summed E-state index contributed by atoms with van der Waals surface area (Å²) in [6, 6.07) is 5.67. The lowest BCUT2D eigenvalue weighted by Gasteiger charge is -2.25. The Morgan fingerprint density at radius 1 is 0.778 bits per heavy atom. The van der Waals surface area contributed by atoms with Crippen LogP contribution in [0.1, 0.15) is 127 Å². The molecule has 3 fully saturated rings. The van der Waals surface area contributed by atoms with Gasteiger partial charge in [-0.3, -0.25) is 4.79 Å². The smallest absolute Gasteiger partial charge is 0.416 e. The van der Waals surface area contributed by atoms with Crippen molar-refractivity contribution in [1.82, 2.24) is 5.32 Å². The lowest BCUT2D eigenvalue weighted by molar-refractivity contribution is -0.138. The van der Waals surface area contributed by atoms with Crippen molar-refractivity contribution in [2.75, 3.05) is 13.1 Å². The third-order valence-electron chi connectivity index (χ3n) is 7.93. The Morgan fingerprint density at radius 2 is 1.17 bits per heavy atom. The van der Waals surface area contributed by atoms with E-state index in [1.54, 1.807) is 19.1 Å². The molecule has 0 atom stereocenters. The maximum absolute atomic E-state index is 12.4. The van der Waals surface area contributed by atoms with E-state index < -0.39 is 17.7 Å². The lowest BCUT2D eigenvalue weighted by atomic mass is 9.84. The third-order valence-corrected chi connectivity index (χ3v) is 7.93. The van der Waals surface area contributed by atoms with Crippen LogP contribution < -0.4 is 5.32 Å². The molecule has 3 aliphatic carbocycles. The van der Waals surface area contributed by atoms with Crippen molar-refractivity contribution in [2.45, 2.75) is 122 Å². The molecular formula is C30H48F3NO2. The van der Waals surface area contributed by atoms with E-state index in [1.807, 2.05) is 0 Å². The van der Waals surface area contributed by atoms with E-state index in [9.17, 15) is 18.0 Å². The molecule has 0 amide bonds. The summed E-state index contributed by atoms with van der Waals surface area (Å²) >= 11 is 0. The van der Waals surface area contributed by atoms with Crippen molar-refractivity contribution in [2.24, 2.45) is 11.8 Å². The SMILES string of the molecule is C1CCC(CNCC2CCCCC2)CC1.CCC(=O)O.FC(F)(F)c1ccc(C2CCCCC2)cc1. The monoisotopic (exact) mass is 511 g/mol. The number of benzene rings is 1. The molecule has 0 unspecified atom stereocenters. The highest BCUT2D eigenvalue weighted by molar-refractivity contribution is 5.66. The number of nitrogens with one attached hydrogen (secondary N) is 1. The maximum atomic E-state index is 12.4. The number of halogens is 3. The second-order valence-electron chi connectivity index (χ2n) is 10.9. The van der Waals surface area contributed by atoms with Gasteiger partial charge in [0, 0.05) is 6.42 Å². The maximum Gasteiger partial charge on any atom is 0.416 e. The summed E-state index contributed by atoms with van der Waals surface area (Å²) in [6.45, 7) is 4.20. The molecule has 4 rings (SSSR count). The minimum Gasteiger partial charge on any atom is -0.481 e. The number of carboxylic acids is 1. The van der Waals surface area contributed by atoms with Crippen molar-refractivity contribution in [3.63, 3.8) is 0 Å². The van der Waals surface area contributed by atoms with E-state index in [1.165, 1.54) is 109 Å². The molecule has 206 valence electrons. The average Bonchev–Trinajstić information content (AvgIpc) is 2.91. The molecule has 36 heavy (non-hydrogen) atoms. The molecule has 0 radical (unpaired) electrons. The van der Waals surface area contributed by atoms with E-state index >= 15 is 0 Å². The van der Waals surface area contributed by atoms with Gasteiger partial charge in [0.05, 0.1) is 5.56 Å². The normalized spacial score (nSPS) is 20.0. The van der Waals surface area contributed by atoms with Crippen LogP contribution in [0.15, 0.2) is 24.3 Å². The molecule has 0 aromatic heterocycles. The Morgan fingerprint density at radius 3 is 1.53 bits per heavy atom. The van der Waals surface area contributed by atoms with Gasteiger partial charge >= 0.3 is 12.1 Å². The number of rotatable bonds is 6. The van der Waals surface area contributed by atoms with Crippen LogP contribution in [0, 0.1) is 11.8 Å². The second-order valence-corrected chi connectivity index (χ2v) is 10.9. The number of aliphatic carboxylic acids is 1. The minimum absolute atomic E-state index is 0.222. The molecule has 0 heterocycles. The predicted molar refractivity (Wildman–Crippen MR) is 141 cm³/mol. The zero-order chi connectivity index (χ0) is 26.2. The van der Waals surface area contributed by atoms with Gasteiger partial charge in [-0.15, -0.1) is 0 Å². The molecule has 3 aliphatic rings. The van der Waals surface area contributed by atoms with Crippen LogP contribution in [0.4, 0.5) is 13.2 Å². The van der Waals surface area contributed by atoms with Crippen LogP contribution in [0.25, 0.3) is 0 Å². The van der Waals surface area contributed by atoms with Gasteiger partial charge < -0.3 is 10.4 Å². The second kappa shape index (κ2) is 17.0. The van der Waals surface area contributed by atoms with Gasteiger partial charge in [0.2, 0.25) is 0 Å². The number of carbonyl (C=O) groups is 1. The average molecular weight is 512 g/mol.